The van der Waals surface area contributed by atoms with Gasteiger partial charge in [0.05, 0.1) is 18.3 Å². The summed E-state index contributed by atoms with van der Waals surface area (Å²) in [5.41, 5.74) is 2.98. The second-order valence-electron chi connectivity index (χ2n) is 5.34. The number of methoxy groups -OCH3 is 1. The predicted octanol–water partition coefficient (Wildman–Crippen LogP) is 2.51. The fourth-order valence-corrected chi connectivity index (χ4v) is 1.44. The topological polar surface area (TPSA) is 66.8 Å². The van der Waals surface area contributed by atoms with E-state index < -0.39 is 11.7 Å². The van der Waals surface area contributed by atoms with Crippen LogP contribution in [0.4, 0.5) is 0 Å². The van der Waals surface area contributed by atoms with Gasteiger partial charge in [-0.3, -0.25) is 0 Å². The van der Waals surface area contributed by atoms with Gasteiger partial charge in [-0.2, -0.15) is 0 Å². The quantitative estimate of drug-likeness (QED) is 0.326. The van der Waals surface area contributed by atoms with E-state index in [-0.39, 0.29) is 5.97 Å². The number of rotatable bonds is 7. The zero-order chi connectivity index (χ0) is 15.8. The van der Waals surface area contributed by atoms with Crippen LogP contribution in [0.3, 0.4) is 0 Å². The Hall–Kier alpha value is -1.35. The zero-order valence-electron chi connectivity index (χ0n) is 13.1. The van der Waals surface area contributed by atoms with E-state index in [0.29, 0.717) is 17.6 Å². The summed E-state index contributed by atoms with van der Waals surface area (Å²) in [6.45, 7) is 6.88. The Morgan fingerprint density at radius 3 is 2.50 bits per heavy atom. The third-order valence-corrected chi connectivity index (χ3v) is 2.81. The molecule has 0 aromatic carbocycles. The zero-order valence-corrected chi connectivity index (χ0v) is 13.1. The number of hydrogen-bond acceptors (Lipinski definition) is 4. The Kier molecular flexibility index (Phi) is 8.16. The smallest absolute Gasteiger partial charge is 0.341 e. The normalized spacial score (nSPS) is 12.9. The molecule has 0 saturated carbocycles. The van der Waals surface area contributed by atoms with Gasteiger partial charge in [-0.1, -0.05) is 25.5 Å². The van der Waals surface area contributed by atoms with Gasteiger partial charge in [0.2, 0.25) is 0 Å². The van der Waals surface area contributed by atoms with E-state index in [4.69, 9.17) is 4.74 Å². The SMILES string of the molecule is CCCCC(=C=C(C)/C=C/[C@@H](O)C(C)(C)O)C(=O)OC. The van der Waals surface area contributed by atoms with Crippen molar-refractivity contribution in [1.82, 2.24) is 0 Å². The molecule has 0 rings (SSSR count). The van der Waals surface area contributed by atoms with Gasteiger partial charge >= 0.3 is 5.97 Å². The van der Waals surface area contributed by atoms with Crippen molar-refractivity contribution in [2.24, 2.45) is 0 Å². The number of carbonyl (C=O) groups excluding carboxylic acids is 1. The fourth-order valence-electron chi connectivity index (χ4n) is 1.44. The second-order valence-corrected chi connectivity index (χ2v) is 5.34. The van der Waals surface area contributed by atoms with Crippen LogP contribution in [0.15, 0.2) is 29.0 Å². The summed E-state index contributed by atoms with van der Waals surface area (Å²) < 4.78 is 4.72. The van der Waals surface area contributed by atoms with E-state index >= 15 is 0 Å². The van der Waals surface area contributed by atoms with Gasteiger partial charge < -0.3 is 14.9 Å². The van der Waals surface area contributed by atoms with Gasteiger partial charge in [-0.05, 0) is 39.2 Å². The van der Waals surface area contributed by atoms with Crippen molar-refractivity contribution in [2.75, 3.05) is 7.11 Å². The number of aliphatic hydroxyl groups excluding tert-OH is 1. The molecule has 4 heteroatoms. The Bertz CT molecular complexity index is 407. The summed E-state index contributed by atoms with van der Waals surface area (Å²) >= 11 is 0. The van der Waals surface area contributed by atoms with E-state index in [1.165, 1.54) is 27.0 Å². The first-order valence-electron chi connectivity index (χ1n) is 6.85. The lowest BCUT2D eigenvalue weighted by Crippen LogP contribution is -2.34. The van der Waals surface area contributed by atoms with Crippen LogP contribution >= 0.6 is 0 Å². The summed E-state index contributed by atoms with van der Waals surface area (Å²) in [7, 11) is 1.35. The van der Waals surface area contributed by atoms with Gasteiger partial charge in [-0.15, -0.1) is 5.73 Å². The predicted molar refractivity (Wildman–Crippen MR) is 79.2 cm³/mol. The number of esters is 1. The van der Waals surface area contributed by atoms with E-state index in [1.54, 1.807) is 13.0 Å². The summed E-state index contributed by atoms with van der Waals surface area (Å²) in [6.07, 6.45) is 4.63. The Morgan fingerprint density at radius 2 is 2.05 bits per heavy atom. The first kappa shape index (κ1) is 18.7. The lowest BCUT2D eigenvalue weighted by Gasteiger charge is -2.21. The van der Waals surface area contributed by atoms with Crippen LogP contribution in [0.1, 0.15) is 47.0 Å². The average Bonchev–Trinajstić information content (AvgIpc) is 2.38. The number of ether oxygens (including phenoxy) is 1. The molecule has 0 unspecified atom stereocenters. The third kappa shape index (κ3) is 7.29. The highest BCUT2D eigenvalue weighted by atomic mass is 16.5. The maximum atomic E-state index is 11.6. The summed E-state index contributed by atoms with van der Waals surface area (Å²) in [5, 5.41) is 19.3. The van der Waals surface area contributed by atoms with Crippen molar-refractivity contribution >= 4 is 5.97 Å². The first-order valence-corrected chi connectivity index (χ1v) is 6.85. The van der Waals surface area contributed by atoms with E-state index in [9.17, 15) is 15.0 Å². The van der Waals surface area contributed by atoms with Crippen molar-refractivity contribution in [3.63, 3.8) is 0 Å². The summed E-state index contributed by atoms with van der Waals surface area (Å²) in [5.74, 6) is -0.380. The lowest BCUT2D eigenvalue weighted by molar-refractivity contribution is -0.136. The highest BCUT2D eigenvalue weighted by Crippen LogP contribution is 2.12. The van der Waals surface area contributed by atoms with E-state index in [1.807, 2.05) is 6.92 Å². The molecule has 0 spiro atoms. The molecule has 0 aromatic rings. The van der Waals surface area contributed by atoms with Crippen molar-refractivity contribution in [3.8, 4) is 0 Å². The molecule has 0 saturated heterocycles. The number of carbonyl (C=O) groups is 1. The van der Waals surface area contributed by atoms with Crippen molar-refractivity contribution in [2.45, 2.75) is 58.7 Å². The molecular weight excluding hydrogens is 256 g/mol. The Labute approximate surface area is 121 Å². The van der Waals surface area contributed by atoms with Crippen molar-refractivity contribution in [1.29, 1.82) is 0 Å². The van der Waals surface area contributed by atoms with Crippen molar-refractivity contribution in [3.05, 3.63) is 29.0 Å². The molecule has 0 aromatic heterocycles. The first-order chi connectivity index (χ1) is 9.22. The molecule has 0 fully saturated rings. The van der Waals surface area contributed by atoms with Gasteiger partial charge in [-0.25, -0.2) is 4.79 Å². The highest BCUT2D eigenvalue weighted by molar-refractivity contribution is 5.88. The van der Waals surface area contributed by atoms with Crippen LogP contribution in [-0.2, 0) is 9.53 Å². The minimum Gasteiger partial charge on any atom is -0.465 e. The molecule has 0 amide bonds. The molecular formula is C16H26O4. The molecule has 20 heavy (non-hydrogen) atoms. The van der Waals surface area contributed by atoms with Crippen LogP contribution in [0, 0.1) is 0 Å². The molecule has 2 N–H and O–H groups in total. The van der Waals surface area contributed by atoms with Crippen LogP contribution < -0.4 is 0 Å². The second kappa shape index (κ2) is 8.75. The minimum atomic E-state index is -1.20. The van der Waals surface area contributed by atoms with E-state index in [0.717, 1.165) is 12.8 Å². The van der Waals surface area contributed by atoms with Crippen LogP contribution in [0.5, 0.6) is 0 Å². The van der Waals surface area contributed by atoms with E-state index in [2.05, 4.69) is 5.73 Å². The van der Waals surface area contributed by atoms with Gasteiger partial charge in [0, 0.05) is 0 Å². The minimum absolute atomic E-state index is 0.380. The highest BCUT2D eigenvalue weighted by Gasteiger charge is 2.21. The molecule has 114 valence electrons. The molecule has 0 bridgehead atoms. The monoisotopic (exact) mass is 282 g/mol. The number of allylic oxidation sites excluding steroid dienone is 1. The maximum Gasteiger partial charge on any atom is 0.341 e. The summed E-state index contributed by atoms with van der Waals surface area (Å²) in [4.78, 5) is 11.6. The number of hydrogen-bond donors (Lipinski definition) is 2. The molecule has 0 aliphatic carbocycles. The third-order valence-electron chi connectivity index (χ3n) is 2.81. The van der Waals surface area contributed by atoms with Crippen molar-refractivity contribution < 1.29 is 19.7 Å². The van der Waals surface area contributed by atoms with Crippen LogP contribution in [-0.4, -0.2) is 35.0 Å². The molecule has 4 nitrogen and oxygen atoms in total. The average molecular weight is 282 g/mol. The largest absolute Gasteiger partial charge is 0.465 e. The maximum absolute atomic E-state index is 11.6. The van der Waals surface area contributed by atoms with Gasteiger partial charge in [0.25, 0.3) is 0 Å². The Balaban J connectivity index is 5.14. The van der Waals surface area contributed by atoms with Crippen LogP contribution in [0.25, 0.3) is 0 Å². The summed E-state index contributed by atoms with van der Waals surface area (Å²) in [6, 6.07) is 0. The molecule has 0 heterocycles. The Morgan fingerprint density at radius 1 is 1.45 bits per heavy atom. The molecule has 1 atom stereocenters. The lowest BCUT2D eigenvalue weighted by atomic mass is 10.0. The molecule has 0 aliphatic rings. The number of aliphatic hydroxyl groups is 2. The number of unbranched alkanes of at least 4 members (excludes halogenated alkanes) is 1. The fraction of sp³-hybridized carbons (Fsp3) is 0.625. The van der Waals surface area contributed by atoms with Gasteiger partial charge in [0.1, 0.15) is 6.10 Å². The molecule has 0 radical (unpaired) electrons. The van der Waals surface area contributed by atoms with Crippen LogP contribution in [0.2, 0.25) is 0 Å². The van der Waals surface area contributed by atoms with Gasteiger partial charge in [0.15, 0.2) is 0 Å². The standard InChI is InChI=1S/C16H26O4/c1-6-7-8-13(15(18)20-5)11-12(2)9-10-14(17)16(3,4)19/h9-10,14,17,19H,6-8H2,1-5H3/b10-9+/t11?,14-/m1/s1. The molecule has 0 aliphatic heterocycles.